The standard InChI is InChI=1S/C18H16/c1-3-7-14(8-4-1)17-12-11-16-13-18(16,17)15-9-5-2-6-10-15/h1-12,16-17H,13H2/t16-,17+,18-/m0/s1. The lowest BCUT2D eigenvalue weighted by Gasteiger charge is -2.23. The van der Waals surface area contributed by atoms with Crippen LogP contribution < -0.4 is 0 Å². The molecule has 88 valence electrons. The van der Waals surface area contributed by atoms with Crippen molar-refractivity contribution in [2.24, 2.45) is 5.92 Å². The zero-order chi connectivity index (χ0) is 12.0. The molecule has 3 atom stereocenters. The number of hydrogen-bond acceptors (Lipinski definition) is 0. The van der Waals surface area contributed by atoms with Gasteiger partial charge in [-0.15, -0.1) is 0 Å². The van der Waals surface area contributed by atoms with Gasteiger partial charge in [-0.2, -0.15) is 0 Å². The summed E-state index contributed by atoms with van der Waals surface area (Å²) in [5.41, 5.74) is 3.33. The van der Waals surface area contributed by atoms with E-state index in [2.05, 4.69) is 72.8 Å². The average Bonchev–Trinajstić information content (AvgIpc) is 3.07. The predicted molar refractivity (Wildman–Crippen MR) is 74.6 cm³/mol. The zero-order valence-electron chi connectivity index (χ0n) is 10.3. The molecule has 0 aromatic heterocycles. The van der Waals surface area contributed by atoms with Gasteiger partial charge in [-0.25, -0.2) is 0 Å². The quantitative estimate of drug-likeness (QED) is 0.677. The van der Waals surface area contributed by atoms with E-state index in [0.717, 1.165) is 5.92 Å². The minimum absolute atomic E-state index is 0.364. The van der Waals surface area contributed by atoms with E-state index in [4.69, 9.17) is 0 Å². The molecule has 2 aromatic rings. The Balaban J connectivity index is 1.79. The van der Waals surface area contributed by atoms with Crippen LogP contribution >= 0.6 is 0 Å². The minimum atomic E-state index is 0.364. The van der Waals surface area contributed by atoms with Gasteiger partial charge in [-0.1, -0.05) is 72.8 Å². The van der Waals surface area contributed by atoms with Gasteiger partial charge in [0.25, 0.3) is 0 Å². The normalized spacial score (nSPS) is 32.2. The number of rotatable bonds is 2. The zero-order valence-corrected chi connectivity index (χ0v) is 10.3. The number of fused-ring (bicyclic) bond motifs is 1. The van der Waals surface area contributed by atoms with Gasteiger partial charge >= 0.3 is 0 Å². The van der Waals surface area contributed by atoms with Crippen molar-refractivity contribution >= 4 is 0 Å². The molecule has 0 nitrogen and oxygen atoms in total. The molecule has 2 aromatic carbocycles. The summed E-state index contributed by atoms with van der Waals surface area (Å²) in [6, 6.07) is 22.0. The molecule has 1 saturated carbocycles. The van der Waals surface area contributed by atoms with Crippen molar-refractivity contribution in [3.8, 4) is 0 Å². The van der Waals surface area contributed by atoms with Crippen LogP contribution in [-0.2, 0) is 5.41 Å². The van der Waals surface area contributed by atoms with Gasteiger partial charge in [0.05, 0.1) is 0 Å². The van der Waals surface area contributed by atoms with E-state index in [1.807, 2.05) is 0 Å². The lowest BCUT2D eigenvalue weighted by atomic mass is 9.80. The van der Waals surface area contributed by atoms with Gasteiger partial charge in [0.15, 0.2) is 0 Å². The van der Waals surface area contributed by atoms with Gasteiger partial charge in [0.1, 0.15) is 0 Å². The summed E-state index contributed by atoms with van der Waals surface area (Å²) in [5.74, 6) is 1.32. The topological polar surface area (TPSA) is 0 Å². The Bertz CT molecular complexity index is 582. The van der Waals surface area contributed by atoms with E-state index < -0.39 is 0 Å². The number of allylic oxidation sites excluding steroid dienone is 2. The van der Waals surface area contributed by atoms with E-state index >= 15 is 0 Å². The molecule has 0 aliphatic heterocycles. The Hall–Kier alpha value is -1.82. The average molecular weight is 232 g/mol. The van der Waals surface area contributed by atoms with Crippen LogP contribution in [0.1, 0.15) is 23.5 Å². The summed E-state index contributed by atoms with van der Waals surface area (Å²) < 4.78 is 0. The van der Waals surface area contributed by atoms with E-state index in [1.165, 1.54) is 17.5 Å². The lowest BCUT2D eigenvalue weighted by Crippen LogP contribution is -2.16. The maximum Gasteiger partial charge on any atom is 0.0125 e. The molecule has 4 rings (SSSR count). The Labute approximate surface area is 108 Å². The smallest absolute Gasteiger partial charge is 0.0125 e. The van der Waals surface area contributed by atoms with Crippen molar-refractivity contribution in [3.05, 3.63) is 83.9 Å². The van der Waals surface area contributed by atoms with E-state index in [-0.39, 0.29) is 0 Å². The molecule has 0 unspecified atom stereocenters. The Morgan fingerprint density at radius 2 is 1.44 bits per heavy atom. The SMILES string of the molecule is C1=C[C@H]2C[C@@]2(c2ccccc2)[C@H]1c1ccccc1. The van der Waals surface area contributed by atoms with Crippen LogP contribution in [-0.4, -0.2) is 0 Å². The van der Waals surface area contributed by atoms with Crippen LogP contribution in [0.3, 0.4) is 0 Å². The highest BCUT2D eigenvalue weighted by Crippen LogP contribution is 2.66. The fourth-order valence-electron chi connectivity index (χ4n) is 3.65. The van der Waals surface area contributed by atoms with Crippen LogP contribution in [0.25, 0.3) is 0 Å². The number of benzene rings is 2. The summed E-state index contributed by atoms with van der Waals surface area (Å²) in [5, 5.41) is 0. The number of hydrogen-bond donors (Lipinski definition) is 0. The highest BCUT2D eigenvalue weighted by Gasteiger charge is 2.61. The van der Waals surface area contributed by atoms with Crippen molar-refractivity contribution in [3.63, 3.8) is 0 Å². The van der Waals surface area contributed by atoms with Crippen LogP contribution in [0, 0.1) is 5.92 Å². The summed E-state index contributed by atoms with van der Waals surface area (Å²) >= 11 is 0. The molecule has 0 heterocycles. The van der Waals surface area contributed by atoms with E-state index in [0.29, 0.717) is 11.3 Å². The lowest BCUT2D eigenvalue weighted by molar-refractivity contribution is 0.609. The third-order valence-corrected chi connectivity index (χ3v) is 4.62. The molecule has 18 heavy (non-hydrogen) atoms. The molecule has 0 N–H and O–H groups in total. The third kappa shape index (κ3) is 1.26. The first kappa shape index (κ1) is 10.1. The van der Waals surface area contributed by atoms with Gasteiger partial charge in [-0.05, 0) is 23.5 Å². The first-order valence-electron chi connectivity index (χ1n) is 6.70. The molecule has 1 fully saturated rings. The van der Waals surface area contributed by atoms with Crippen LogP contribution in [0.2, 0.25) is 0 Å². The Morgan fingerprint density at radius 3 is 2.11 bits per heavy atom. The van der Waals surface area contributed by atoms with Gasteiger partial charge in [0, 0.05) is 11.3 Å². The van der Waals surface area contributed by atoms with Gasteiger partial charge in [0.2, 0.25) is 0 Å². The van der Waals surface area contributed by atoms with Crippen molar-refractivity contribution in [1.82, 2.24) is 0 Å². The minimum Gasteiger partial charge on any atom is -0.0838 e. The second kappa shape index (κ2) is 3.58. The van der Waals surface area contributed by atoms with Crippen LogP contribution in [0.15, 0.2) is 72.8 Å². The van der Waals surface area contributed by atoms with Crippen molar-refractivity contribution in [1.29, 1.82) is 0 Å². The van der Waals surface area contributed by atoms with Crippen molar-refractivity contribution in [2.75, 3.05) is 0 Å². The second-order valence-electron chi connectivity index (χ2n) is 5.49. The monoisotopic (exact) mass is 232 g/mol. The van der Waals surface area contributed by atoms with Crippen molar-refractivity contribution < 1.29 is 0 Å². The first-order chi connectivity index (χ1) is 8.91. The van der Waals surface area contributed by atoms with Crippen molar-refractivity contribution in [2.45, 2.75) is 17.8 Å². The maximum atomic E-state index is 2.42. The van der Waals surface area contributed by atoms with Crippen LogP contribution in [0.4, 0.5) is 0 Å². The third-order valence-electron chi connectivity index (χ3n) is 4.62. The molecule has 0 bridgehead atoms. The molecule has 0 saturated heterocycles. The molecular formula is C18H16. The fraction of sp³-hybridized carbons (Fsp3) is 0.222. The Kier molecular flexibility index (Phi) is 2.02. The van der Waals surface area contributed by atoms with Crippen LogP contribution in [0.5, 0.6) is 0 Å². The van der Waals surface area contributed by atoms with Gasteiger partial charge in [-0.3, -0.25) is 0 Å². The highest BCUT2D eigenvalue weighted by molar-refractivity contribution is 5.49. The molecule has 0 radical (unpaired) electrons. The Morgan fingerprint density at radius 1 is 0.778 bits per heavy atom. The fourth-order valence-corrected chi connectivity index (χ4v) is 3.65. The first-order valence-corrected chi connectivity index (χ1v) is 6.70. The molecular weight excluding hydrogens is 216 g/mol. The summed E-state index contributed by atoms with van der Waals surface area (Å²) in [4.78, 5) is 0. The molecule has 0 heteroatoms. The summed E-state index contributed by atoms with van der Waals surface area (Å²) in [7, 11) is 0. The predicted octanol–water partition coefficient (Wildman–Crippen LogP) is 4.30. The molecule has 2 aliphatic rings. The summed E-state index contributed by atoms with van der Waals surface area (Å²) in [6.45, 7) is 0. The van der Waals surface area contributed by atoms with Gasteiger partial charge < -0.3 is 0 Å². The molecule has 0 amide bonds. The molecule has 0 spiro atoms. The maximum absolute atomic E-state index is 2.42. The molecule has 2 aliphatic carbocycles. The van der Waals surface area contributed by atoms with E-state index in [1.54, 1.807) is 0 Å². The second-order valence-corrected chi connectivity index (χ2v) is 5.49. The highest BCUT2D eigenvalue weighted by atomic mass is 14.6. The largest absolute Gasteiger partial charge is 0.0838 e. The van der Waals surface area contributed by atoms with E-state index in [9.17, 15) is 0 Å². The summed E-state index contributed by atoms with van der Waals surface area (Å²) in [6.07, 6.45) is 6.15.